The molecule has 0 aromatic carbocycles. The number of hydrazine groups is 1. The summed E-state index contributed by atoms with van der Waals surface area (Å²) in [7, 11) is 0. The Kier molecular flexibility index (Phi) is 6.32. The second-order valence-corrected chi connectivity index (χ2v) is 7.83. The Balaban J connectivity index is 2.31. The van der Waals surface area contributed by atoms with E-state index in [4.69, 9.17) is 5.84 Å². The lowest BCUT2D eigenvalue weighted by molar-refractivity contribution is -0.0547. The second kappa shape index (κ2) is 7.08. The Hall–Kier alpha value is -0.0800. The highest BCUT2D eigenvalue weighted by molar-refractivity contribution is 4.97. The molecule has 0 saturated carbocycles. The van der Waals surface area contributed by atoms with Gasteiger partial charge in [0, 0.05) is 11.1 Å². The number of hydrogen-bond donors (Lipinski definition) is 1. The van der Waals surface area contributed by atoms with E-state index >= 15 is 0 Å². The Morgan fingerprint density at radius 2 is 1.37 bits per heavy atom. The Labute approximate surface area is 121 Å². The molecule has 0 aromatic heterocycles. The van der Waals surface area contributed by atoms with Crippen LogP contribution in [0.5, 0.6) is 0 Å². The van der Waals surface area contributed by atoms with Crippen molar-refractivity contribution in [2.45, 2.75) is 103 Å². The molecule has 19 heavy (non-hydrogen) atoms. The van der Waals surface area contributed by atoms with Gasteiger partial charge < -0.3 is 0 Å². The summed E-state index contributed by atoms with van der Waals surface area (Å²) >= 11 is 0. The third-order valence-corrected chi connectivity index (χ3v) is 4.85. The fourth-order valence-corrected chi connectivity index (χ4v) is 3.92. The van der Waals surface area contributed by atoms with Crippen molar-refractivity contribution in [2.75, 3.05) is 0 Å². The highest BCUT2D eigenvalue weighted by Crippen LogP contribution is 2.40. The van der Waals surface area contributed by atoms with Gasteiger partial charge in [-0.2, -0.15) is 0 Å². The van der Waals surface area contributed by atoms with Crippen LogP contribution in [0.2, 0.25) is 0 Å². The summed E-state index contributed by atoms with van der Waals surface area (Å²) in [6.45, 7) is 11.5. The topological polar surface area (TPSA) is 29.3 Å². The molecule has 0 spiro atoms. The molecule has 0 atom stereocenters. The lowest BCUT2D eigenvalue weighted by Gasteiger charge is -2.53. The molecule has 1 rings (SSSR count). The van der Waals surface area contributed by atoms with Crippen LogP contribution in [0.1, 0.15) is 92.4 Å². The highest BCUT2D eigenvalue weighted by atomic mass is 15.5. The van der Waals surface area contributed by atoms with E-state index in [-0.39, 0.29) is 11.1 Å². The van der Waals surface area contributed by atoms with Crippen molar-refractivity contribution in [1.82, 2.24) is 5.01 Å². The van der Waals surface area contributed by atoms with Crippen molar-refractivity contribution < 1.29 is 0 Å². The van der Waals surface area contributed by atoms with Gasteiger partial charge in [-0.05, 0) is 46.5 Å². The number of rotatable bonds is 7. The van der Waals surface area contributed by atoms with Crippen LogP contribution in [-0.2, 0) is 0 Å². The SMILES string of the molecule is CCCCCCCCC1CC(C)(C)N(N)C(C)(C)C1. The molecule has 1 fully saturated rings. The van der Waals surface area contributed by atoms with Crippen LogP contribution < -0.4 is 5.84 Å². The van der Waals surface area contributed by atoms with Crippen LogP contribution in [-0.4, -0.2) is 16.1 Å². The van der Waals surface area contributed by atoms with Gasteiger partial charge in [0.25, 0.3) is 0 Å². The number of piperidine rings is 1. The van der Waals surface area contributed by atoms with Crippen molar-refractivity contribution >= 4 is 0 Å². The Morgan fingerprint density at radius 3 is 1.89 bits per heavy atom. The quantitative estimate of drug-likeness (QED) is 0.526. The minimum Gasteiger partial charge on any atom is -0.268 e. The van der Waals surface area contributed by atoms with Crippen LogP contribution in [0, 0.1) is 5.92 Å². The molecule has 2 heteroatoms. The average Bonchev–Trinajstić information content (AvgIpc) is 2.30. The van der Waals surface area contributed by atoms with E-state index in [2.05, 4.69) is 39.6 Å². The molecule has 1 saturated heterocycles. The Bertz CT molecular complexity index is 240. The van der Waals surface area contributed by atoms with Crippen LogP contribution >= 0.6 is 0 Å². The molecule has 2 N–H and O–H groups in total. The third kappa shape index (κ3) is 5.07. The summed E-state index contributed by atoms with van der Waals surface area (Å²) in [6.07, 6.45) is 12.3. The normalized spacial score (nSPS) is 23.7. The van der Waals surface area contributed by atoms with Gasteiger partial charge in [-0.1, -0.05) is 51.9 Å². The fraction of sp³-hybridized carbons (Fsp3) is 1.00. The average molecular weight is 268 g/mol. The second-order valence-electron chi connectivity index (χ2n) is 7.83. The van der Waals surface area contributed by atoms with E-state index in [1.165, 1.54) is 57.8 Å². The van der Waals surface area contributed by atoms with E-state index in [1.807, 2.05) is 0 Å². The van der Waals surface area contributed by atoms with Crippen molar-refractivity contribution in [3.05, 3.63) is 0 Å². The first-order chi connectivity index (χ1) is 8.79. The van der Waals surface area contributed by atoms with E-state index < -0.39 is 0 Å². The predicted molar refractivity (Wildman–Crippen MR) is 84.9 cm³/mol. The van der Waals surface area contributed by atoms with Crippen LogP contribution in [0.3, 0.4) is 0 Å². The first-order valence-corrected chi connectivity index (χ1v) is 8.34. The zero-order chi connectivity index (χ0) is 14.5. The third-order valence-electron chi connectivity index (χ3n) is 4.85. The van der Waals surface area contributed by atoms with Gasteiger partial charge in [-0.25, -0.2) is 5.01 Å². The molecule has 0 radical (unpaired) electrons. The molecule has 0 amide bonds. The lowest BCUT2D eigenvalue weighted by Crippen LogP contribution is -2.63. The number of nitrogens with zero attached hydrogens (tertiary/aromatic N) is 1. The van der Waals surface area contributed by atoms with Crippen LogP contribution in [0.4, 0.5) is 0 Å². The molecule has 2 nitrogen and oxygen atoms in total. The minimum atomic E-state index is 0.147. The summed E-state index contributed by atoms with van der Waals surface area (Å²) in [4.78, 5) is 0. The van der Waals surface area contributed by atoms with Gasteiger partial charge in [-0.3, -0.25) is 5.84 Å². The number of hydrogen-bond acceptors (Lipinski definition) is 2. The van der Waals surface area contributed by atoms with Gasteiger partial charge in [-0.15, -0.1) is 0 Å². The van der Waals surface area contributed by atoms with Crippen LogP contribution in [0.25, 0.3) is 0 Å². The van der Waals surface area contributed by atoms with Gasteiger partial charge in [0.05, 0.1) is 0 Å². The molecular formula is C17H36N2. The molecule has 0 aliphatic carbocycles. The summed E-state index contributed by atoms with van der Waals surface area (Å²) in [6, 6.07) is 0. The van der Waals surface area contributed by atoms with Crippen LogP contribution in [0.15, 0.2) is 0 Å². The minimum absolute atomic E-state index is 0.147. The number of nitrogens with two attached hydrogens (primary N) is 1. The maximum Gasteiger partial charge on any atom is 0.0304 e. The molecule has 0 aromatic rings. The molecule has 0 bridgehead atoms. The van der Waals surface area contributed by atoms with E-state index in [9.17, 15) is 0 Å². The van der Waals surface area contributed by atoms with E-state index in [1.54, 1.807) is 0 Å². The van der Waals surface area contributed by atoms with Gasteiger partial charge in [0.2, 0.25) is 0 Å². The summed E-state index contributed by atoms with van der Waals surface area (Å²) in [5.74, 6) is 7.15. The summed E-state index contributed by atoms with van der Waals surface area (Å²) in [5, 5.41) is 2.09. The Morgan fingerprint density at radius 1 is 0.895 bits per heavy atom. The smallest absolute Gasteiger partial charge is 0.0304 e. The maximum atomic E-state index is 6.30. The summed E-state index contributed by atoms with van der Waals surface area (Å²) < 4.78 is 0. The first kappa shape index (κ1) is 17.0. The predicted octanol–water partition coefficient (Wildman–Crippen LogP) is 4.88. The molecule has 1 aliphatic heterocycles. The fourth-order valence-electron chi connectivity index (χ4n) is 3.92. The molecule has 1 heterocycles. The van der Waals surface area contributed by atoms with Crippen molar-refractivity contribution in [2.24, 2.45) is 11.8 Å². The molecule has 1 aliphatic rings. The zero-order valence-electron chi connectivity index (χ0n) is 14.0. The molecular weight excluding hydrogens is 232 g/mol. The van der Waals surface area contributed by atoms with E-state index in [0.29, 0.717) is 0 Å². The zero-order valence-corrected chi connectivity index (χ0v) is 14.0. The number of unbranched alkanes of at least 4 members (excludes halogenated alkanes) is 5. The summed E-state index contributed by atoms with van der Waals surface area (Å²) in [5.41, 5.74) is 0.295. The van der Waals surface area contributed by atoms with Crippen molar-refractivity contribution in [3.8, 4) is 0 Å². The van der Waals surface area contributed by atoms with Gasteiger partial charge >= 0.3 is 0 Å². The molecule has 114 valence electrons. The van der Waals surface area contributed by atoms with Gasteiger partial charge in [0.15, 0.2) is 0 Å². The van der Waals surface area contributed by atoms with Gasteiger partial charge in [0.1, 0.15) is 0 Å². The monoisotopic (exact) mass is 268 g/mol. The van der Waals surface area contributed by atoms with Crippen molar-refractivity contribution in [3.63, 3.8) is 0 Å². The standard InChI is InChI=1S/C17H36N2/c1-6-7-8-9-10-11-12-15-13-16(2,3)19(18)17(4,5)14-15/h15H,6-14,18H2,1-5H3. The lowest BCUT2D eigenvalue weighted by atomic mass is 9.73. The van der Waals surface area contributed by atoms with E-state index in [0.717, 1.165) is 5.92 Å². The van der Waals surface area contributed by atoms with Crippen molar-refractivity contribution in [1.29, 1.82) is 0 Å². The largest absolute Gasteiger partial charge is 0.268 e. The molecule has 0 unspecified atom stereocenters. The maximum absolute atomic E-state index is 6.30. The first-order valence-electron chi connectivity index (χ1n) is 8.34. The highest BCUT2D eigenvalue weighted by Gasteiger charge is 2.43.